The molecule has 0 spiro atoms. The normalized spacial score (nSPS) is 10.0. The Labute approximate surface area is 223 Å². The fourth-order valence-corrected chi connectivity index (χ4v) is 3.41. The number of carbonyl (C=O) groups is 4. The Hall–Kier alpha value is -3.47. The lowest BCUT2D eigenvalue weighted by Crippen LogP contribution is -2.07. The monoisotopic (exact) mass is 602 g/mol. The Morgan fingerprint density at radius 1 is 0.694 bits per heavy atom. The van der Waals surface area contributed by atoms with Crippen LogP contribution in [0.1, 0.15) is 52.2 Å². The quantitative estimate of drug-likeness (QED) is 0.191. The first-order chi connectivity index (χ1) is 17.2. The van der Waals surface area contributed by atoms with E-state index < -0.39 is 5.97 Å². The average Bonchev–Trinajstić information content (AvgIpc) is 2.90. The van der Waals surface area contributed by atoms with Crippen LogP contribution in [0.2, 0.25) is 0 Å². The molecule has 3 aromatic rings. The van der Waals surface area contributed by atoms with Crippen molar-refractivity contribution in [2.45, 2.75) is 32.6 Å². The van der Waals surface area contributed by atoms with Gasteiger partial charge in [-0.15, -0.1) is 0 Å². The van der Waals surface area contributed by atoms with Gasteiger partial charge < -0.3 is 9.47 Å². The molecule has 2 aromatic heterocycles. The maximum absolute atomic E-state index is 12.0. The lowest BCUT2D eigenvalue weighted by molar-refractivity contribution is -0.141. The van der Waals surface area contributed by atoms with E-state index in [4.69, 9.17) is 0 Å². The van der Waals surface area contributed by atoms with E-state index in [9.17, 15) is 19.2 Å². The Kier molecular flexibility index (Phi) is 11.8. The van der Waals surface area contributed by atoms with Gasteiger partial charge in [0.1, 0.15) is 11.4 Å². The van der Waals surface area contributed by atoms with E-state index in [-0.39, 0.29) is 43.2 Å². The van der Waals surface area contributed by atoms with Crippen LogP contribution in [0.5, 0.6) is 0 Å². The molecular formula is C27H27IN2O6. The summed E-state index contributed by atoms with van der Waals surface area (Å²) in [4.78, 5) is 53.5. The molecule has 0 N–H and O–H groups in total. The number of benzene rings is 1. The predicted octanol–water partition coefficient (Wildman–Crippen LogP) is 5.02. The van der Waals surface area contributed by atoms with E-state index in [1.807, 2.05) is 37.3 Å². The molecule has 36 heavy (non-hydrogen) atoms. The zero-order chi connectivity index (χ0) is 26.5. The number of esters is 2. The zero-order valence-corrected chi connectivity index (χ0v) is 22.5. The van der Waals surface area contributed by atoms with E-state index in [0.29, 0.717) is 11.4 Å². The highest BCUT2D eigenvalue weighted by Gasteiger charge is 2.12. The van der Waals surface area contributed by atoms with Crippen molar-refractivity contribution in [1.82, 2.24) is 9.97 Å². The van der Waals surface area contributed by atoms with Crippen molar-refractivity contribution >= 4 is 46.1 Å². The SMILES string of the molecule is COC(=O)CCC(=O)c1cc(-c2ccc(C)cc2)ccn1.COC(=O)CCC(=O)c1cc(I)ccn1. The van der Waals surface area contributed by atoms with Gasteiger partial charge in [0.25, 0.3) is 0 Å². The smallest absolute Gasteiger partial charge is 0.305 e. The largest absolute Gasteiger partial charge is 0.469 e. The summed E-state index contributed by atoms with van der Waals surface area (Å²) in [5.41, 5.74) is 3.92. The number of nitrogens with zero attached hydrogens (tertiary/aromatic N) is 2. The highest BCUT2D eigenvalue weighted by Crippen LogP contribution is 2.20. The molecule has 0 saturated heterocycles. The Morgan fingerprint density at radius 2 is 1.19 bits per heavy atom. The number of halogens is 1. The van der Waals surface area contributed by atoms with Gasteiger partial charge in [-0.05, 0) is 64.9 Å². The summed E-state index contributed by atoms with van der Waals surface area (Å²) in [5.74, 6) is -1.07. The number of hydrogen-bond donors (Lipinski definition) is 0. The van der Waals surface area contributed by atoms with Crippen LogP contribution >= 0.6 is 22.6 Å². The van der Waals surface area contributed by atoms with Crippen molar-refractivity contribution in [3.05, 3.63) is 81.4 Å². The Bertz CT molecular complexity index is 1210. The van der Waals surface area contributed by atoms with E-state index in [0.717, 1.165) is 14.7 Å². The van der Waals surface area contributed by atoms with Gasteiger partial charge in [-0.25, -0.2) is 0 Å². The summed E-state index contributed by atoms with van der Waals surface area (Å²) in [6.45, 7) is 2.03. The highest BCUT2D eigenvalue weighted by molar-refractivity contribution is 14.1. The Balaban J connectivity index is 0.000000269. The van der Waals surface area contributed by atoms with Gasteiger partial charge in [0, 0.05) is 28.8 Å². The second kappa shape index (κ2) is 14.8. The molecule has 188 valence electrons. The Morgan fingerprint density at radius 3 is 1.69 bits per heavy atom. The molecular weight excluding hydrogens is 575 g/mol. The van der Waals surface area contributed by atoms with Crippen molar-refractivity contribution in [2.24, 2.45) is 0 Å². The number of aromatic nitrogens is 2. The van der Waals surface area contributed by atoms with Crippen LogP contribution in [0.25, 0.3) is 11.1 Å². The lowest BCUT2D eigenvalue weighted by atomic mass is 10.0. The summed E-state index contributed by atoms with van der Waals surface area (Å²) in [7, 11) is 2.61. The third kappa shape index (κ3) is 9.65. The molecule has 0 fully saturated rings. The average molecular weight is 602 g/mol. The second-order valence-electron chi connectivity index (χ2n) is 7.65. The van der Waals surface area contributed by atoms with Crippen LogP contribution in [0, 0.1) is 10.5 Å². The van der Waals surface area contributed by atoms with Gasteiger partial charge in [0.05, 0.1) is 27.1 Å². The second-order valence-corrected chi connectivity index (χ2v) is 8.90. The maximum Gasteiger partial charge on any atom is 0.305 e. The molecule has 1 aromatic carbocycles. The molecule has 0 radical (unpaired) electrons. The molecule has 0 bridgehead atoms. The number of hydrogen-bond acceptors (Lipinski definition) is 8. The zero-order valence-electron chi connectivity index (χ0n) is 20.3. The van der Waals surface area contributed by atoms with Gasteiger partial charge in [0.2, 0.25) is 0 Å². The summed E-state index contributed by atoms with van der Waals surface area (Å²) < 4.78 is 9.92. The summed E-state index contributed by atoms with van der Waals surface area (Å²) >= 11 is 2.10. The van der Waals surface area contributed by atoms with Crippen molar-refractivity contribution in [2.75, 3.05) is 14.2 Å². The van der Waals surface area contributed by atoms with Crippen LogP contribution < -0.4 is 0 Å². The van der Waals surface area contributed by atoms with Crippen molar-refractivity contribution in [3.8, 4) is 11.1 Å². The summed E-state index contributed by atoms with van der Waals surface area (Å²) in [6.07, 6.45) is 3.61. The molecule has 0 aliphatic heterocycles. The first-order valence-corrected chi connectivity index (χ1v) is 12.2. The minimum Gasteiger partial charge on any atom is -0.469 e. The molecule has 0 aliphatic rings. The standard InChI is InChI=1S/C17H17NO3.C10H10INO3/c1-12-3-5-13(6-4-12)14-9-10-18-15(11-14)16(19)7-8-17(20)21-2;1-15-10(14)3-2-9(13)8-6-7(11)4-5-12-8/h3-6,9-11H,7-8H2,1-2H3;4-6H,2-3H2,1H3. The molecule has 0 saturated carbocycles. The van der Waals surface area contributed by atoms with Crippen LogP contribution in [0.3, 0.4) is 0 Å². The van der Waals surface area contributed by atoms with Crippen LogP contribution in [-0.4, -0.2) is 47.7 Å². The fourth-order valence-electron chi connectivity index (χ4n) is 2.96. The van der Waals surface area contributed by atoms with Crippen molar-refractivity contribution in [3.63, 3.8) is 0 Å². The summed E-state index contributed by atoms with van der Waals surface area (Å²) in [6, 6.07) is 15.2. The molecule has 0 aliphatic carbocycles. The van der Waals surface area contributed by atoms with E-state index >= 15 is 0 Å². The fraction of sp³-hybridized carbons (Fsp3) is 0.259. The van der Waals surface area contributed by atoms with Crippen molar-refractivity contribution in [1.29, 1.82) is 0 Å². The number of Topliss-reactive ketones (excluding diaryl/α,β-unsaturated/α-hetero) is 2. The minimum atomic E-state index is -0.391. The first-order valence-electron chi connectivity index (χ1n) is 11.1. The topological polar surface area (TPSA) is 113 Å². The molecule has 0 amide bonds. The molecule has 3 rings (SSSR count). The van der Waals surface area contributed by atoms with Crippen LogP contribution in [-0.2, 0) is 19.1 Å². The molecule has 0 unspecified atom stereocenters. The number of methoxy groups -OCH3 is 2. The first kappa shape index (κ1) is 28.8. The van der Waals surface area contributed by atoms with E-state index in [2.05, 4.69) is 42.0 Å². The van der Waals surface area contributed by atoms with Gasteiger partial charge in [0.15, 0.2) is 11.6 Å². The lowest BCUT2D eigenvalue weighted by Gasteiger charge is -2.05. The molecule has 8 nitrogen and oxygen atoms in total. The number of ketones is 2. The number of ether oxygens (including phenoxy) is 2. The number of rotatable bonds is 9. The predicted molar refractivity (Wildman–Crippen MR) is 143 cm³/mol. The molecule has 9 heteroatoms. The molecule has 0 atom stereocenters. The number of pyridine rings is 2. The number of aryl methyl sites for hydroxylation is 1. The van der Waals surface area contributed by atoms with E-state index in [1.54, 1.807) is 30.6 Å². The highest BCUT2D eigenvalue weighted by atomic mass is 127. The van der Waals surface area contributed by atoms with Gasteiger partial charge >= 0.3 is 11.9 Å². The summed E-state index contributed by atoms with van der Waals surface area (Å²) in [5, 5.41) is 0. The molecule has 2 heterocycles. The van der Waals surface area contributed by atoms with Gasteiger partial charge in [-0.1, -0.05) is 29.8 Å². The van der Waals surface area contributed by atoms with Gasteiger partial charge in [-0.2, -0.15) is 0 Å². The maximum atomic E-state index is 12.0. The van der Waals surface area contributed by atoms with Crippen LogP contribution in [0.4, 0.5) is 0 Å². The van der Waals surface area contributed by atoms with Gasteiger partial charge in [-0.3, -0.25) is 29.1 Å². The number of carbonyl (C=O) groups excluding carboxylic acids is 4. The van der Waals surface area contributed by atoms with Crippen LogP contribution in [0.15, 0.2) is 60.9 Å². The minimum absolute atomic E-state index is 0.0752. The third-order valence-corrected chi connectivity index (χ3v) is 5.68. The van der Waals surface area contributed by atoms with Crippen molar-refractivity contribution < 1.29 is 28.7 Å². The van der Waals surface area contributed by atoms with E-state index in [1.165, 1.54) is 19.8 Å². The third-order valence-electron chi connectivity index (χ3n) is 5.01.